The number of likely N-dealkylation sites (tertiary alicyclic amines) is 1. The number of anilines is 1. The first-order valence-corrected chi connectivity index (χ1v) is 9.91. The molecular formula is C20H29N3O3. The highest BCUT2D eigenvalue weighted by molar-refractivity contribution is 5.86. The molecule has 2 N–H and O–H groups in total. The zero-order valence-electron chi connectivity index (χ0n) is 15.3. The fourth-order valence-corrected chi connectivity index (χ4v) is 4.97. The lowest BCUT2D eigenvalue weighted by Gasteiger charge is -2.41. The summed E-state index contributed by atoms with van der Waals surface area (Å²) in [5.41, 5.74) is 0.536. The minimum Gasteiger partial charge on any atom is -0.393 e. The summed E-state index contributed by atoms with van der Waals surface area (Å²) in [6.45, 7) is 2.52. The van der Waals surface area contributed by atoms with Crippen molar-refractivity contribution in [3.63, 3.8) is 0 Å². The highest BCUT2D eigenvalue weighted by Crippen LogP contribution is 2.43. The maximum absolute atomic E-state index is 13.3. The molecule has 142 valence electrons. The van der Waals surface area contributed by atoms with Gasteiger partial charge in [0.15, 0.2) is 0 Å². The maximum Gasteiger partial charge on any atom is 0.230 e. The van der Waals surface area contributed by atoms with Gasteiger partial charge in [0.05, 0.1) is 18.1 Å². The third-order valence-corrected chi connectivity index (χ3v) is 6.55. The van der Waals surface area contributed by atoms with Crippen LogP contribution in [0.5, 0.6) is 0 Å². The molecule has 0 aromatic carbocycles. The Balaban J connectivity index is 1.46. The third-order valence-electron chi connectivity index (χ3n) is 6.55. The Morgan fingerprint density at radius 2 is 1.96 bits per heavy atom. The van der Waals surface area contributed by atoms with Gasteiger partial charge in [-0.2, -0.15) is 0 Å². The molecule has 6 heteroatoms. The van der Waals surface area contributed by atoms with E-state index in [1.165, 1.54) is 0 Å². The number of rotatable bonds is 3. The Morgan fingerprint density at radius 1 is 1.15 bits per heavy atom. The third kappa shape index (κ3) is 3.21. The molecule has 2 saturated heterocycles. The van der Waals surface area contributed by atoms with E-state index in [1.54, 1.807) is 6.20 Å². The zero-order chi connectivity index (χ0) is 18.1. The van der Waals surface area contributed by atoms with Gasteiger partial charge in [-0.1, -0.05) is 6.07 Å². The van der Waals surface area contributed by atoms with Gasteiger partial charge >= 0.3 is 0 Å². The second-order valence-corrected chi connectivity index (χ2v) is 8.20. The van der Waals surface area contributed by atoms with E-state index in [-0.39, 0.29) is 18.1 Å². The van der Waals surface area contributed by atoms with Crippen LogP contribution in [0.15, 0.2) is 18.3 Å². The first-order valence-electron chi connectivity index (χ1n) is 9.91. The van der Waals surface area contributed by atoms with Gasteiger partial charge in [0.25, 0.3) is 0 Å². The molecule has 4 rings (SSSR count). The number of aliphatic hydroxyl groups is 2. The Kier molecular flexibility index (Phi) is 4.88. The summed E-state index contributed by atoms with van der Waals surface area (Å²) < 4.78 is 0. The van der Waals surface area contributed by atoms with E-state index in [2.05, 4.69) is 14.8 Å². The van der Waals surface area contributed by atoms with E-state index in [9.17, 15) is 15.0 Å². The SMILES string of the molecule is O=C1N(C2CCC(O)CC2)CC[C@]12CCCN(c1ccc(CO)cn1)C2. The van der Waals surface area contributed by atoms with Crippen molar-refractivity contribution in [1.29, 1.82) is 0 Å². The monoisotopic (exact) mass is 359 g/mol. The molecule has 1 atom stereocenters. The summed E-state index contributed by atoms with van der Waals surface area (Å²) in [5.74, 6) is 1.21. The van der Waals surface area contributed by atoms with Gasteiger partial charge in [0.1, 0.15) is 5.82 Å². The Morgan fingerprint density at radius 3 is 2.65 bits per heavy atom. The largest absolute Gasteiger partial charge is 0.393 e. The normalized spacial score (nSPS) is 32.5. The smallest absolute Gasteiger partial charge is 0.230 e. The van der Waals surface area contributed by atoms with E-state index in [0.29, 0.717) is 11.9 Å². The van der Waals surface area contributed by atoms with Crippen molar-refractivity contribution in [1.82, 2.24) is 9.88 Å². The predicted octanol–water partition coefficient (Wildman–Crippen LogP) is 1.70. The summed E-state index contributed by atoms with van der Waals surface area (Å²) >= 11 is 0. The van der Waals surface area contributed by atoms with Crippen LogP contribution in [0.3, 0.4) is 0 Å². The number of carbonyl (C=O) groups excluding carboxylic acids is 1. The summed E-state index contributed by atoms with van der Waals surface area (Å²) in [7, 11) is 0. The molecule has 1 aliphatic carbocycles. The van der Waals surface area contributed by atoms with Crippen LogP contribution >= 0.6 is 0 Å². The second-order valence-electron chi connectivity index (χ2n) is 8.20. The van der Waals surface area contributed by atoms with Crippen LogP contribution in [0, 0.1) is 5.41 Å². The number of piperidine rings is 1. The lowest BCUT2D eigenvalue weighted by Crippen LogP contribution is -2.50. The number of aromatic nitrogens is 1. The van der Waals surface area contributed by atoms with Gasteiger partial charge in [-0.25, -0.2) is 4.98 Å². The standard InChI is InChI=1S/C20H29N3O3/c24-13-15-2-7-18(21-12-15)22-10-1-8-20(14-22)9-11-23(19(20)26)16-3-5-17(25)6-4-16/h2,7,12,16-17,24-25H,1,3-6,8-11,13-14H2/t16?,17?,20-/m0/s1. The summed E-state index contributed by atoms with van der Waals surface area (Å²) in [6.07, 6.45) is 7.91. The Bertz CT molecular complexity index is 642. The molecule has 3 heterocycles. The molecule has 0 unspecified atom stereocenters. The average molecular weight is 359 g/mol. The maximum atomic E-state index is 13.3. The molecule has 1 saturated carbocycles. The van der Waals surface area contributed by atoms with Crippen molar-refractivity contribution in [3.05, 3.63) is 23.9 Å². The minimum absolute atomic E-state index is 0.000743. The van der Waals surface area contributed by atoms with Gasteiger partial charge in [-0.15, -0.1) is 0 Å². The first kappa shape index (κ1) is 17.7. The second kappa shape index (κ2) is 7.16. The average Bonchev–Trinajstić information content (AvgIpc) is 2.98. The zero-order valence-corrected chi connectivity index (χ0v) is 15.3. The lowest BCUT2D eigenvalue weighted by molar-refractivity contribution is -0.139. The molecule has 1 spiro atoms. The number of nitrogens with zero attached hydrogens (tertiary/aromatic N) is 3. The summed E-state index contributed by atoms with van der Waals surface area (Å²) in [5, 5.41) is 18.9. The predicted molar refractivity (Wildman–Crippen MR) is 98.6 cm³/mol. The van der Waals surface area contributed by atoms with Gasteiger partial charge in [-0.05, 0) is 56.6 Å². The molecule has 0 bridgehead atoms. The molecule has 26 heavy (non-hydrogen) atoms. The number of carbonyl (C=O) groups is 1. The summed E-state index contributed by atoms with van der Waals surface area (Å²) in [6, 6.07) is 4.16. The molecule has 6 nitrogen and oxygen atoms in total. The van der Waals surface area contributed by atoms with Crippen molar-refractivity contribution in [2.75, 3.05) is 24.5 Å². The number of pyridine rings is 1. The topological polar surface area (TPSA) is 76.9 Å². The van der Waals surface area contributed by atoms with Gasteiger partial charge in [0, 0.05) is 31.9 Å². The van der Waals surface area contributed by atoms with Crippen LogP contribution in [0.25, 0.3) is 0 Å². The molecule has 1 amide bonds. The van der Waals surface area contributed by atoms with E-state index < -0.39 is 0 Å². The molecule has 3 fully saturated rings. The highest BCUT2D eigenvalue weighted by atomic mass is 16.3. The summed E-state index contributed by atoms with van der Waals surface area (Å²) in [4.78, 5) is 22.1. The van der Waals surface area contributed by atoms with Crippen molar-refractivity contribution >= 4 is 11.7 Å². The van der Waals surface area contributed by atoms with E-state index in [0.717, 1.165) is 76.0 Å². The van der Waals surface area contributed by atoms with Crippen LogP contribution in [0.1, 0.15) is 50.5 Å². The van der Waals surface area contributed by atoms with E-state index in [1.807, 2.05) is 12.1 Å². The number of amides is 1. The van der Waals surface area contributed by atoms with Crippen LogP contribution in [0.2, 0.25) is 0 Å². The fourth-order valence-electron chi connectivity index (χ4n) is 4.97. The Labute approximate surface area is 154 Å². The molecular weight excluding hydrogens is 330 g/mol. The van der Waals surface area contributed by atoms with Crippen LogP contribution in [-0.2, 0) is 11.4 Å². The van der Waals surface area contributed by atoms with Gasteiger partial charge < -0.3 is 20.0 Å². The molecule has 3 aliphatic rings. The molecule has 0 radical (unpaired) electrons. The molecule has 1 aromatic heterocycles. The first-order chi connectivity index (χ1) is 12.6. The minimum atomic E-state index is -0.272. The fraction of sp³-hybridized carbons (Fsp3) is 0.700. The number of hydrogen-bond donors (Lipinski definition) is 2. The van der Waals surface area contributed by atoms with Crippen molar-refractivity contribution in [2.24, 2.45) is 5.41 Å². The number of hydrogen-bond acceptors (Lipinski definition) is 5. The van der Waals surface area contributed by atoms with Crippen LogP contribution in [-0.4, -0.2) is 57.8 Å². The molecule has 1 aromatic rings. The quantitative estimate of drug-likeness (QED) is 0.859. The number of aliphatic hydroxyl groups excluding tert-OH is 2. The van der Waals surface area contributed by atoms with Crippen molar-refractivity contribution < 1.29 is 15.0 Å². The van der Waals surface area contributed by atoms with Gasteiger partial charge in [-0.3, -0.25) is 4.79 Å². The lowest BCUT2D eigenvalue weighted by atomic mass is 9.78. The van der Waals surface area contributed by atoms with Crippen molar-refractivity contribution in [2.45, 2.75) is 63.7 Å². The van der Waals surface area contributed by atoms with Crippen molar-refractivity contribution in [3.8, 4) is 0 Å². The Hall–Kier alpha value is -1.66. The van der Waals surface area contributed by atoms with E-state index in [4.69, 9.17) is 0 Å². The van der Waals surface area contributed by atoms with Crippen LogP contribution in [0.4, 0.5) is 5.82 Å². The van der Waals surface area contributed by atoms with Crippen LogP contribution < -0.4 is 4.90 Å². The van der Waals surface area contributed by atoms with Gasteiger partial charge in [0.2, 0.25) is 5.91 Å². The highest BCUT2D eigenvalue weighted by Gasteiger charge is 2.50. The molecule has 2 aliphatic heterocycles. The van der Waals surface area contributed by atoms with E-state index >= 15 is 0 Å².